The molecule has 1 aromatic carbocycles. The fourth-order valence-corrected chi connectivity index (χ4v) is 7.41. The van der Waals surface area contributed by atoms with Gasteiger partial charge in [-0.15, -0.1) is 0 Å². The number of hydrogen-bond acceptors (Lipinski definition) is 1. The van der Waals surface area contributed by atoms with Crippen LogP contribution in [0.15, 0.2) is 47.6 Å². The van der Waals surface area contributed by atoms with Crippen molar-refractivity contribution in [2.24, 2.45) is 22.7 Å². The predicted octanol–water partition coefficient (Wildman–Crippen LogP) is 6.54. The van der Waals surface area contributed by atoms with E-state index >= 15 is 0 Å². The van der Waals surface area contributed by atoms with Crippen LogP contribution in [0.25, 0.3) is 0 Å². The maximum atomic E-state index is 14.0. The third-order valence-corrected chi connectivity index (χ3v) is 9.40. The van der Waals surface area contributed by atoms with E-state index in [1.165, 1.54) is 24.0 Å². The lowest BCUT2D eigenvalue weighted by Gasteiger charge is -2.55. The lowest BCUT2D eigenvalue weighted by Crippen LogP contribution is -2.48. The summed E-state index contributed by atoms with van der Waals surface area (Å²) in [4.78, 5) is 12.0. The monoisotopic (exact) mass is 378 g/mol. The Labute approximate surface area is 168 Å². The standard InChI is InChI=1S/C26H31FO/c1-24-12-9-20(28)16-17(24)7-8-21-22(24)10-14-26(3)23(21)11-13-25(26,2)18-5-4-6-19(27)15-18/h4-6,10,15-16,21,23H,7-9,11-14H2,1-3H3/t21?,23-,24-,25+,26-/m0/s1. The van der Waals surface area contributed by atoms with Gasteiger partial charge >= 0.3 is 0 Å². The highest BCUT2D eigenvalue weighted by molar-refractivity contribution is 5.92. The van der Waals surface area contributed by atoms with Crippen LogP contribution in [-0.2, 0) is 10.2 Å². The minimum atomic E-state index is -0.121. The number of halogens is 1. The molecular weight excluding hydrogens is 347 g/mol. The van der Waals surface area contributed by atoms with Crippen molar-refractivity contribution in [2.75, 3.05) is 0 Å². The molecule has 0 aromatic heterocycles. The second-order valence-electron chi connectivity index (χ2n) is 10.4. The number of ketones is 1. The van der Waals surface area contributed by atoms with Gasteiger partial charge in [0.1, 0.15) is 5.82 Å². The summed E-state index contributed by atoms with van der Waals surface area (Å²) >= 11 is 0. The topological polar surface area (TPSA) is 17.1 Å². The van der Waals surface area contributed by atoms with Crippen LogP contribution in [0, 0.1) is 28.5 Å². The molecule has 4 aliphatic rings. The van der Waals surface area contributed by atoms with Gasteiger partial charge in [0, 0.05) is 11.8 Å². The van der Waals surface area contributed by atoms with Gasteiger partial charge in [-0.25, -0.2) is 4.39 Å². The highest BCUT2D eigenvalue weighted by Gasteiger charge is 2.60. The molecule has 0 amide bonds. The molecule has 5 rings (SSSR count). The second-order valence-corrected chi connectivity index (χ2v) is 10.4. The second kappa shape index (κ2) is 5.90. The molecule has 2 saturated carbocycles. The van der Waals surface area contributed by atoms with E-state index < -0.39 is 0 Å². The van der Waals surface area contributed by atoms with Crippen molar-refractivity contribution in [2.45, 2.75) is 71.1 Å². The molecule has 0 saturated heterocycles. The lowest BCUT2D eigenvalue weighted by molar-refractivity contribution is -0.115. The fourth-order valence-electron chi connectivity index (χ4n) is 7.41. The average Bonchev–Trinajstić information content (AvgIpc) is 2.95. The fraction of sp³-hybridized carbons (Fsp3) is 0.577. The number of benzene rings is 1. The minimum absolute atomic E-state index is 0.0152. The number of fused-ring (bicyclic) bond motifs is 5. The summed E-state index contributed by atoms with van der Waals surface area (Å²) in [7, 11) is 0. The van der Waals surface area contributed by atoms with Crippen molar-refractivity contribution in [3.8, 4) is 0 Å². The molecule has 4 aliphatic carbocycles. The van der Waals surface area contributed by atoms with E-state index in [0.29, 0.717) is 24.0 Å². The summed E-state index contributed by atoms with van der Waals surface area (Å²) in [5, 5.41) is 0. The Morgan fingerprint density at radius 2 is 1.89 bits per heavy atom. The van der Waals surface area contributed by atoms with Gasteiger partial charge < -0.3 is 0 Å². The Hall–Kier alpha value is -1.70. The summed E-state index contributed by atoms with van der Waals surface area (Å²) in [6, 6.07) is 7.32. The maximum Gasteiger partial charge on any atom is 0.155 e. The number of rotatable bonds is 1. The van der Waals surface area contributed by atoms with E-state index in [1.807, 2.05) is 12.1 Å². The smallest absolute Gasteiger partial charge is 0.155 e. The van der Waals surface area contributed by atoms with Gasteiger partial charge in [0.15, 0.2) is 5.78 Å². The molecule has 0 spiro atoms. The summed E-state index contributed by atoms with van der Waals surface area (Å²) in [6.07, 6.45) is 11.8. The average molecular weight is 379 g/mol. The molecule has 2 heteroatoms. The van der Waals surface area contributed by atoms with Gasteiger partial charge in [0.25, 0.3) is 0 Å². The highest BCUT2D eigenvalue weighted by atomic mass is 19.1. The van der Waals surface area contributed by atoms with Crippen LogP contribution in [-0.4, -0.2) is 5.78 Å². The predicted molar refractivity (Wildman–Crippen MR) is 110 cm³/mol. The van der Waals surface area contributed by atoms with Crippen molar-refractivity contribution in [3.05, 3.63) is 58.9 Å². The Kier molecular flexibility index (Phi) is 3.87. The molecule has 148 valence electrons. The van der Waals surface area contributed by atoms with Crippen LogP contribution in [0.2, 0.25) is 0 Å². The molecule has 0 aliphatic heterocycles. The highest BCUT2D eigenvalue weighted by Crippen LogP contribution is 2.68. The largest absolute Gasteiger partial charge is 0.295 e. The first kappa shape index (κ1) is 18.3. The normalized spacial score (nSPS) is 42.2. The first-order valence-corrected chi connectivity index (χ1v) is 11.0. The third kappa shape index (κ3) is 2.27. The van der Waals surface area contributed by atoms with Crippen molar-refractivity contribution in [1.82, 2.24) is 0 Å². The minimum Gasteiger partial charge on any atom is -0.295 e. The van der Waals surface area contributed by atoms with Gasteiger partial charge in [-0.3, -0.25) is 4.79 Å². The summed E-state index contributed by atoms with van der Waals surface area (Å²) in [5.74, 6) is 1.46. The molecule has 1 aromatic rings. The van der Waals surface area contributed by atoms with Crippen LogP contribution >= 0.6 is 0 Å². The van der Waals surface area contributed by atoms with E-state index in [-0.39, 0.29) is 22.1 Å². The van der Waals surface area contributed by atoms with Crippen LogP contribution in [0.4, 0.5) is 4.39 Å². The van der Waals surface area contributed by atoms with Gasteiger partial charge in [-0.05, 0) is 85.0 Å². The van der Waals surface area contributed by atoms with Crippen molar-refractivity contribution in [1.29, 1.82) is 0 Å². The van der Waals surface area contributed by atoms with Crippen LogP contribution < -0.4 is 0 Å². The Balaban J connectivity index is 1.57. The molecule has 0 N–H and O–H groups in total. The maximum absolute atomic E-state index is 14.0. The first-order chi connectivity index (χ1) is 13.3. The molecule has 1 nitrogen and oxygen atoms in total. The number of carbonyl (C=O) groups excluding carboxylic acids is 1. The van der Waals surface area contributed by atoms with Crippen molar-refractivity contribution in [3.63, 3.8) is 0 Å². The number of allylic oxidation sites excluding steroid dienone is 4. The Morgan fingerprint density at radius 1 is 1.07 bits per heavy atom. The zero-order valence-electron chi connectivity index (χ0n) is 17.4. The molecular formula is C26H31FO. The quantitative estimate of drug-likeness (QED) is 0.507. The van der Waals surface area contributed by atoms with E-state index in [0.717, 1.165) is 25.7 Å². The molecule has 28 heavy (non-hydrogen) atoms. The first-order valence-electron chi connectivity index (χ1n) is 11.0. The number of carbonyl (C=O) groups is 1. The van der Waals surface area contributed by atoms with Crippen LogP contribution in [0.3, 0.4) is 0 Å². The van der Waals surface area contributed by atoms with Crippen molar-refractivity contribution < 1.29 is 9.18 Å². The third-order valence-electron chi connectivity index (χ3n) is 9.40. The van der Waals surface area contributed by atoms with Gasteiger partial charge in [-0.2, -0.15) is 0 Å². The molecule has 2 fully saturated rings. The van der Waals surface area contributed by atoms with Crippen LogP contribution in [0.5, 0.6) is 0 Å². The Morgan fingerprint density at radius 3 is 2.68 bits per heavy atom. The molecule has 0 bridgehead atoms. The molecule has 5 atom stereocenters. The Bertz CT molecular complexity index is 911. The molecule has 0 heterocycles. The van der Waals surface area contributed by atoms with Gasteiger partial charge in [-0.1, -0.05) is 50.1 Å². The lowest BCUT2D eigenvalue weighted by atomic mass is 9.49. The summed E-state index contributed by atoms with van der Waals surface area (Å²) in [6.45, 7) is 7.21. The summed E-state index contributed by atoms with van der Waals surface area (Å²) in [5.41, 5.74) is 4.43. The molecule has 0 radical (unpaired) electrons. The van der Waals surface area contributed by atoms with E-state index in [4.69, 9.17) is 0 Å². The zero-order chi connectivity index (χ0) is 19.7. The SMILES string of the molecule is C[C@]12CCC(=O)C=C1CCC1C2=CC[C@@]2(C)[C@H]1CC[C@]2(C)c1cccc(F)c1. The van der Waals surface area contributed by atoms with E-state index in [1.54, 1.807) is 17.7 Å². The number of hydrogen-bond donors (Lipinski definition) is 0. The van der Waals surface area contributed by atoms with Crippen molar-refractivity contribution >= 4 is 5.78 Å². The van der Waals surface area contributed by atoms with Gasteiger partial charge in [0.05, 0.1) is 0 Å². The zero-order valence-corrected chi connectivity index (χ0v) is 17.4. The van der Waals surface area contributed by atoms with Crippen LogP contribution in [0.1, 0.15) is 71.3 Å². The summed E-state index contributed by atoms with van der Waals surface area (Å²) < 4.78 is 14.0. The van der Waals surface area contributed by atoms with E-state index in [2.05, 4.69) is 32.9 Å². The van der Waals surface area contributed by atoms with E-state index in [9.17, 15) is 9.18 Å². The molecule has 1 unspecified atom stereocenters. The van der Waals surface area contributed by atoms with Gasteiger partial charge in [0.2, 0.25) is 0 Å².